The topological polar surface area (TPSA) is 185 Å². The largest absolute Gasteiger partial charge is 0.382 e. The highest BCUT2D eigenvalue weighted by Gasteiger charge is 2.28. The van der Waals surface area contributed by atoms with Gasteiger partial charge in [0, 0.05) is 256 Å². The predicted octanol–water partition coefficient (Wildman–Crippen LogP) is 14.8. The number of hydrogen-bond acceptors (Lipinski definition) is 22. The molecule has 8 aliphatic rings. The van der Waals surface area contributed by atoms with Gasteiger partial charge < -0.3 is 69.6 Å². The lowest BCUT2D eigenvalue weighted by atomic mass is 10.1. The fraction of sp³-hybridized carbons (Fsp3) is 0.378. The van der Waals surface area contributed by atoms with Gasteiger partial charge in [-0.1, -0.05) is 123 Å². The van der Waals surface area contributed by atoms with Gasteiger partial charge in [0.2, 0.25) is 16.7 Å². The number of alkyl halides is 1. The fourth-order valence-electron chi connectivity index (χ4n) is 14.6. The van der Waals surface area contributed by atoms with Crippen LogP contribution in [0.25, 0.3) is 33.8 Å². The molecule has 3 unspecified atom stereocenters. The van der Waals surface area contributed by atoms with Crippen LogP contribution in [-0.4, -0.2) is 216 Å². The van der Waals surface area contributed by atoms with Crippen LogP contribution in [0.15, 0.2) is 219 Å². The molecular weight excluding hydrogens is 1540 g/mol. The molecular formula is C82H94BrN13O6S6. The summed E-state index contributed by atoms with van der Waals surface area (Å²) in [4.78, 5) is 78.3. The lowest BCUT2D eigenvalue weighted by Gasteiger charge is -2.34. The molecule has 6 aromatic carbocycles. The van der Waals surface area contributed by atoms with E-state index in [0.29, 0.717) is 57.8 Å². The van der Waals surface area contributed by atoms with E-state index in [0.717, 1.165) is 167 Å². The third-order valence-electron chi connectivity index (χ3n) is 20.3. The summed E-state index contributed by atoms with van der Waals surface area (Å²) < 4.78 is 16.5. The Morgan fingerprint density at radius 1 is 0.361 bits per heavy atom. The summed E-state index contributed by atoms with van der Waals surface area (Å²) >= 11 is 14.3. The van der Waals surface area contributed by atoms with Crippen LogP contribution in [0.2, 0.25) is 0 Å². The van der Waals surface area contributed by atoms with Crippen LogP contribution in [0.1, 0.15) is 20.8 Å². The fourth-order valence-corrected chi connectivity index (χ4v) is 22.0. The predicted molar refractivity (Wildman–Crippen MR) is 452 cm³/mol. The van der Waals surface area contributed by atoms with Crippen LogP contribution >= 0.6 is 86.5 Å². The number of hydrogen-bond donors (Lipinski definition) is 6. The van der Waals surface area contributed by atoms with Gasteiger partial charge in [-0.2, -0.15) is 0 Å². The van der Waals surface area contributed by atoms with Crippen LogP contribution in [0, 0.1) is 0 Å². The number of benzene rings is 6. The number of likely N-dealkylation sites (N-methyl/N-ethyl adjacent to an activating group) is 2. The van der Waals surface area contributed by atoms with Crippen molar-refractivity contribution in [1.82, 2.24) is 34.6 Å². The van der Waals surface area contributed by atoms with E-state index in [-0.39, 0.29) is 16.7 Å². The Kier molecular flexibility index (Phi) is 25.4. The van der Waals surface area contributed by atoms with E-state index in [1.165, 1.54) is 70.1 Å². The van der Waals surface area contributed by atoms with Crippen LogP contribution in [0.3, 0.4) is 0 Å². The molecule has 8 aliphatic heterocycles. The smallest absolute Gasteiger partial charge is 0.250 e. The van der Waals surface area contributed by atoms with E-state index in [1.807, 2.05) is 23.5 Å². The van der Waals surface area contributed by atoms with E-state index < -0.39 is 0 Å². The molecule has 566 valence electrons. The molecule has 11 heterocycles. The second-order valence-electron chi connectivity index (χ2n) is 28.6. The number of aromatic nitrogens is 3. The molecule has 6 N–H and O–H groups in total. The molecule has 9 aromatic rings. The molecule has 17 rings (SSSR count). The molecule has 0 saturated carbocycles. The van der Waals surface area contributed by atoms with Crippen LogP contribution in [0.5, 0.6) is 0 Å². The number of fused-ring (bicyclic) bond motifs is 6. The van der Waals surface area contributed by atoms with Crippen molar-refractivity contribution < 1.29 is 14.2 Å². The summed E-state index contributed by atoms with van der Waals surface area (Å²) in [5, 5.41) is 11.9. The highest BCUT2D eigenvalue weighted by Crippen LogP contribution is 2.55. The van der Waals surface area contributed by atoms with Gasteiger partial charge in [0.15, 0.2) is 0 Å². The Hall–Kier alpha value is -6.73. The Morgan fingerprint density at radius 2 is 0.667 bits per heavy atom. The number of nitrogens with zero attached hydrogens (tertiary/aromatic N) is 7. The van der Waals surface area contributed by atoms with Crippen molar-refractivity contribution in [2.75, 3.05) is 194 Å². The normalized spacial score (nSPS) is 18.2. The molecule has 0 spiro atoms. The van der Waals surface area contributed by atoms with Gasteiger partial charge >= 0.3 is 0 Å². The second-order valence-corrected chi connectivity index (χ2v) is 35.7. The van der Waals surface area contributed by atoms with Crippen molar-refractivity contribution in [3.8, 4) is 33.8 Å². The average Bonchev–Trinajstić information content (AvgIpc) is 0.779. The second kappa shape index (κ2) is 35.7. The molecule has 108 heavy (non-hydrogen) atoms. The van der Waals surface area contributed by atoms with E-state index in [9.17, 15) is 14.4 Å². The number of aromatic amines is 3. The number of nitrogens with one attached hydrogen (secondary N) is 6. The van der Waals surface area contributed by atoms with Crippen LogP contribution in [0.4, 0.5) is 34.1 Å². The number of pyridine rings is 3. The molecule has 3 atom stereocenters. The first-order valence-corrected chi connectivity index (χ1v) is 43.4. The van der Waals surface area contributed by atoms with Gasteiger partial charge in [0.1, 0.15) is 0 Å². The zero-order valence-electron chi connectivity index (χ0n) is 61.8. The summed E-state index contributed by atoms with van der Waals surface area (Å²) in [5.41, 5.74) is 11.9. The molecule has 5 saturated heterocycles. The summed E-state index contributed by atoms with van der Waals surface area (Å²) in [5.74, 6) is 0. The van der Waals surface area contributed by atoms with E-state index in [2.05, 4.69) is 243 Å². The zero-order chi connectivity index (χ0) is 74.2. The van der Waals surface area contributed by atoms with Gasteiger partial charge in [-0.05, 0) is 126 Å². The highest BCUT2D eigenvalue weighted by molar-refractivity contribution is 9.09. The maximum absolute atomic E-state index is 12.6. The Bertz CT molecular complexity index is 4640. The minimum absolute atomic E-state index is 0.0723. The minimum atomic E-state index is -0.0768. The van der Waals surface area contributed by atoms with Gasteiger partial charge in [0.05, 0.1) is 56.7 Å². The van der Waals surface area contributed by atoms with E-state index in [1.54, 1.807) is 65.2 Å². The molecule has 3 aromatic heterocycles. The Balaban J connectivity index is 0.000000130. The lowest BCUT2D eigenvalue weighted by molar-refractivity contribution is 0.122. The third kappa shape index (κ3) is 19.1. The van der Waals surface area contributed by atoms with E-state index >= 15 is 0 Å². The van der Waals surface area contributed by atoms with Crippen molar-refractivity contribution >= 4 is 121 Å². The Labute approximate surface area is 666 Å². The SMILES string of the molecule is CC(CBr)Nc1ccc2c(c1)Sc1cccc(-c3cc(N4CCOCC4)cc(=O)[nH]3)c1S2.CC(CN1CCN(C)CC1)Nc1ccc2c(c1)Sc1cccc(-c3cc(N4CCOCC4)cc(=O)[nH]3)c1S2.CC(CN1CCN(C)CC1)Nc1ccc2c(c1)Sc1cccc(-c3cc(N4CCOCC4)cc(=O)[nH]3)c1S2. The Morgan fingerprint density at radius 3 is 0.972 bits per heavy atom. The zero-order valence-corrected chi connectivity index (χ0v) is 68.2. The molecule has 0 aliphatic carbocycles. The molecule has 0 radical (unpaired) electrons. The standard InChI is InChI=1S/2C29H35N5O2S2.C24H24BrN3O2S2/c2*1-20(19-33-10-8-32(2)9-11-33)30-21-6-7-25-27(16-21)37-26-5-3-4-23(29(26)38-25)24-17-22(18-28(35)31-24)34-12-14-36-15-13-34;1-15(14-25)26-16-5-6-20-22(11-16)31-21-4-2-3-18(24(21)32-20)19-12-17(13-23(29)27-19)28-7-9-30-10-8-28/h2*3-7,16-18,20,30H,8-15,19H2,1-2H3,(H,31,35);2-6,11-13,15,26H,7-10,14H2,1H3,(H,27,29). The summed E-state index contributed by atoms with van der Waals surface area (Å²) in [7, 11) is 4.40. The number of morpholine rings is 3. The number of piperazine rings is 2. The van der Waals surface area contributed by atoms with Crippen LogP contribution in [-0.2, 0) is 14.2 Å². The third-order valence-corrected chi connectivity index (χ3v) is 29.0. The van der Waals surface area contributed by atoms with Crippen molar-refractivity contribution in [2.45, 2.75) is 97.6 Å². The number of H-pyrrole nitrogens is 3. The van der Waals surface area contributed by atoms with E-state index in [4.69, 9.17) is 14.2 Å². The van der Waals surface area contributed by atoms with Crippen molar-refractivity contribution in [1.29, 1.82) is 0 Å². The number of anilines is 6. The van der Waals surface area contributed by atoms with Crippen molar-refractivity contribution in [3.63, 3.8) is 0 Å². The molecule has 0 bridgehead atoms. The minimum Gasteiger partial charge on any atom is -0.382 e. The first kappa shape index (κ1) is 76.6. The summed E-state index contributed by atoms with van der Waals surface area (Å²) in [6.45, 7) is 26.9. The first-order chi connectivity index (χ1) is 52.6. The maximum atomic E-state index is 12.6. The van der Waals surface area contributed by atoms with Gasteiger partial charge in [0.25, 0.3) is 0 Å². The van der Waals surface area contributed by atoms with Gasteiger partial charge in [-0.3, -0.25) is 24.2 Å². The van der Waals surface area contributed by atoms with Crippen LogP contribution < -0.4 is 47.3 Å². The van der Waals surface area contributed by atoms with Crippen molar-refractivity contribution in [2.24, 2.45) is 0 Å². The summed E-state index contributed by atoms with van der Waals surface area (Å²) in [6.07, 6.45) is 0. The lowest BCUT2D eigenvalue weighted by Crippen LogP contribution is -2.47. The number of halogens is 1. The van der Waals surface area contributed by atoms with Gasteiger partial charge in [-0.25, -0.2) is 0 Å². The van der Waals surface area contributed by atoms with Crippen molar-refractivity contribution in [3.05, 3.63) is 177 Å². The summed E-state index contributed by atoms with van der Waals surface area (Å²) in [6, 6.07) is 51.6. The van der Waals surface area contributed by atoms with Gasteiger partial charge in [-0.15, -0.1) is 0 Å². The monoisotopic (exact) mass is 1630 g/mol. The number of rotatable bonds is 17. The average molecular weight is 1630 g/mol. The molecule has 5 fully saturated rings. The number of ether oxygens (including phenoxy) is 3. The quantitative estimate of drug-likeness (QED) is 0.0473. The molecule has 26 heteroatoms. The highest BCUT2D eigenvalue weighted by atomic mass is 79.9. The molecule has 19 nitrogen and oxygen atoms in total. The molecule has 0 amide bonds. The maximum Gasteiger partial charge on any atom is 0.250 e. The first-order valence-electron chi connectivity index (χ1n) is 37.4.